The number of benzene rings is 2. The van der Waals surface area contributed by atoms with Crippen molar-refractivity contribution in [2.45, 2.75) is 28.5 Å². The van der Waals surface area contributed by atoms with Gasteiger partial charge in [-0.2, -0.15) is 0 Å². The number of amides is 4. The Morgan fingerprint density at radius 3 is 2.33 bits per heavy atom. The van der Waals surface area contributed by atoms with E-state index in [1.54, 1.807) is 6.08 Å². The Bertz CT molecular complexity index is 1660. The van der Waals surface area contributed by atoms with Gasteiger partial charge in [-0.3, -0.25) is 24.1 Å². The molecule has 2 aromatic rings. The first-order valence-corrected chi connectivity index (χ1v) is 13.7. The molecule has 2 heterocycles. The van der Waals surface area contributed by atoms with E-state index < -0.39 is 74.3 Å². The fourth-order valence-corrected chi connectivity index (χ4v) is 8.09. The number of phenols is 2. The molecule has 11 nitrogen and oxygen atoms in total. The number of ether oxygens (including phenoxy) is 1. The highest BCUT2D eigenvalue weighted by Gasteiger charge is 2.76. The predicted molar refractivity (Wildman–Crippen MR) is 148 cm³/mol. The minimum atomic E-state index is -2.07. The number of carboxylic acid groups (broad SMARTS) is 1. The fraction of sp³-hybridized carbons (Fsp3) is 0.345. The van der Waals surface area contributed by atoms with Crippen LogP contribution in [-0.2, 0) is 19.2 Å². The third-order valence-corrected chi connectivity index (χ3v) is 10.4. The van der Waals surface area contributed by atoms with E-state index in [9.17, 15) is 39.3 Å². The Kier molecular flexibility index (Phi) is 6.15. The molecule has 4 aliphatic rings. The summed E-state index contributed by atoms with van der Waals surface area (Å²) in [6.45, 7) is 0. The molecule has 3 fully saturated rings. The van der Waals surface area contributed by atoms with Gasteiger partial charge < -0.3 is 20.1 Å². The number of carbonyl (C=O) groups excluding carboxylic acids is 4. The average molecular weight is 615 g/mol. The molecular weight excluding hydrogens is 591 g/mol. The van der Waals surface area contributed by atoms with Crippen molar-refractivity contribution < 1.29 is 44.0 Å². The Labute approximate surface area is 248 Å². The molecule has 2 saturated heterocycles. The molecule has 3 N–H and O–H groups in total. The highest BCUT2D eigenvalue weighted by atomic mass is 35.5. The standard InChI is InChI=1S/C29H24Cl2N2O9/c1-32-26(40)28(30)11-18-14(22(29(28,31)27(32)41)17-10-13(42-2)4-8-19(17)34)6-7-16-21(18)24(37)33(23(16)36)12-3-5-15(25(38)39)20(35)9-12/h3-6,8-10,16,18,21-22,34-35H,7,11H2,1-2H3,(H,38,39). The lowest BCUT2D eigenvalue weighted by Crippen LogP contribution is -2.60. The Balaban J connectivity index is 1.50. The quantitative estimate of drug-likeness (QED) is 0.267. The SMILES string of the molecule is COc1ccc(O)c(C2C3=CCC4C(=O)N(c5ccc(C(=O)O)c(O)c5)C(=O)C4C3CC3(Cl)C(=O)N(C)C(=O)C23Cl)c1. The number of halogens is 2. The van der Waals surface area contributed by atoms with Crippen LogP contribution in [0.4, 0.5) is 5.69 Å². The summed E-state index contributed by atoms with van der Waals surface area (Å²) < 4.78 is 5.34. The zero-order chi connectivity index (χ0) is 30.5. The first kappa shape index (κ1) is 28.0. The van der Waals surface area contributed by atoms with Gasteiger partial charge >= 0.3 is 5.97 Å². The lowest BCUT2D eigenvalue weighted by atomic mass is 9.56. The average Bonchev–Trinajstić information content (AvgIpc) is 3.28. The number of methoxy groups -OCH3 is 1. The van der Waals surface area contributed by atoms with Crippen LogP contribution in [0.3, 0.4) is 0 Å². The van der Waals surface area contributed by atoms with Crippen LogP contribution in [0.25, 0.3) is 0 Å². The number of aromatic carboxylic acids is 1. The second-order valence-corrected chi connectivity index (χ2v) is 12.2. The van der Waals surface area contributed by atoms with Crippen LogP contribution in [0.1, 0.15) is 34.7 Å². The van der Waals surface area contributed by atoms with Crippen LogP contribution in [-0.4, -0.2) is 73.7 Å². The van der Waals surface area contributed by atoms with E-state index >= 15 is 0 Å². The number of alkyl halides is 2. The van der Waals surface area contributed by atoms with E-state index in [1.165, 1.54) is 38.4 Å². The Morgan fingerprint density at radius 2 is 1.69 bits per heavy atom. The third-order valence-electron chi connectivity index (χ3n) is 9.03. The number of carbonyl (C=O) groups is 5. The van der Waals surface area contributed by atoms with Crippen LogP contribution in [0.2, 0.25) is 0 Å². The summed E-state index contributed by atoms with van der Waals surface area (Å²) in [4.78, 5) is 63.8. The van der Waals surface area contributed by atoms with Crippen molar-refractivity contribution in [2.75, 3.05) is 19.1 Å². The van der Waals surface area contributed by atoms with Crippen LogP contribution in [0.5, 0.6) is 17.2 Å². The first-order valence-electron chi connectivity index (χ1n) is 13.0. The number of hydrogen-bond acceptors (Lipinski definition) is 8. The number of rotatable bonds is 4. The molecule has 13 heteroatoms. The molecule has 6 rings (SSSR count). The zero-order valence-electron chi connectivity index (χ0n) is 22.2. The minimum Gasteiger partial charge on any atom is -0.508 e. The minimum absolute atomic E-state index is 0.0135. The Hall–Kier alpha value is -4.09. The molecular formula is C29H24Cl2N2O9. The summed E-state index contributed by atoms with van der Waals surface area (Å²) >= 11 is 14.2. The molecule has 2 aliphatic heterocycles. The second kappa shape index (κ2) is 9.20. The molecule has 2 aliphatic carbocycles. The van der Waals surface area contributed by atoms with Crippen molar-refractivity contribution in [3.05, 3.63) is 59.2 Å². The number of likely N-dealkylation sites (tertiary alicyclic amines) is 1. The van der Waals surface area contributed by atoms with Crippen LogP contribution in [0.15, 0.2) is 48.0 Å². The van der Waals surface area contributed by atoms with Crippen LogP contribution in [0, 0.1) is 17.8 Å². The van der Waals surface area contributed by atoms with Gasteiger partial charge in [-0.15, -0.1) is 23.2 Å². The van der Waals surface area contributed by atoms with Crippen molar-refractivity contribution in [3.8, 4) is 17.2 Å². The summed E-state index contributed by atoms with van der Waals surface area (Å²) in [6, 6.07) is 7.75. The Morgan fingerprint density at radius 1 is 0.976 bits per heavy atom. The molecule has 2 aromatic carbocycles. The number of anilines is 1. The van der Waals surface area contributed by atoms with Crippen molar-refractivity contribution in [2.24, 2.45) is 17.8 Å². The fourth-order valence-electron chi connectivity index (χ4n) is 7.07. The van der Waals surface area contributed by atoms with Gasteiger partial charge in [-0.05, 0) is 49.1 Å². The zero-order valence-corrected chi connectivity index (χ0v) is 23.7. The van der Waals surface area contributed by atoms with Gasteiger partial charge in [-0.1, -0.05) is 11.6 Å². The maximum Gasteiger partial charge on any atom is 0.339 e. The number of aromatic hydroxyl groups is 2. The molecule has 218 valence electrons. The number of allylic oxidation sites excluding steroid dienone is 2. The molecule has 0 radical (unpaired) electrons. The number of hydrogen-bond donors (Lipinski definition) is 3. The second-order valence-electron chi connectivity index (χ2n) is 10.9. The summed E-state index contributed by atoms with van der Waals surface area (Å²) in [7, 11) is 2.68. The summed E-state index contributed by atoms with van der Waals surface area (Å²) in [5.74, 6) is -8.50. The van der Waals surface area contributed by atoms with Gasteiger partial charge in [0.2, 0.25) is 11.8 Å². The van der Waals surface area contributed by atoms with E-state index in [-0.39, 0.29) is 29.8 Å². The first-order chi connectivity index (χ1) is 19.8. The highest BCUT2D eigenvalue weighted by Crippen LogP contribution is 2.66. The molecule has 1 saturated carbocycles. The number of carboxylic acids is 1. The van der Waals surface area contributed by atoms with Crippen molar-refractivity contribution >= 4 is 58.5 Å². The van der Waals surface area contributed by atoms with E-state index in [0.29, 0.717) is 11.3 Å². The molecule has 42 heavy (non-hydrogen) atoms. The van der Waals surface area contributed by atoms with Crippen molar-refractivity contribution in [1.29, 1.82) is 0 Å². The van der Waals surface area contributed by atoms with Crippen LogP contribution >= 0.6 is 23.2 Å². The van der Waals surface area contributed by atoms with Gasteiger partial charge in [0.1, 0.15) is 22.8 Å². The van der Waals surface area contributed by atoms with Gasteiger partial charge in [-0.25, -0.2) is 9.69 Å². The van der Waals surface area contributed by atoms with Crippen molar-refractivity contribution in [3.63, 3.8) is 0 Å². The maximum absolute atomic E-state index is 14.0. The molecule has 6 unspecified atom stereocenters. The topological polar surface area (TPSA) is 162 Å². The monoisotopic (exact) mass is 614 g/mol. The van der Waals surface area contributed by atoms with E-state index in [1.807, 2.05) is 0 Å². The normalized spacial score (nSPS) is 32.0. The largest absolute Gasteiger partial charge is 0.508 e. The van der Waals surface area contributed by atoms with E-state index in [0.717, 1.165) is 21.9 Å². The summed E-state index contributed by atoms with van der Waals surface area (Å²) in [6.07, 6.45) is 1.56. The van der Waals surface area contributed by atoms with Crippen LogP contribution < -0.4 is 9.64 Å². The lowest BCUT2D eigenvalue weighted by molar-refractivity contribution is -0.138. The number of nitrogens with zero attached hydrogens (tertiary/aromatic N) is 2. The highest BCUT2D eigenvalue weighted by molar-refractivity contribution is 6.53. The third kappa shape index (κ3) is 3.43. The predicted octanol–water partition coefficient (Wildman–Crippen LogP) is 3.00. The number of fused-ring (bicyclic) bond motifs is 4. The lowest BCUT2D eigenvalue weighted by Gasteiger charge is -2.50. The van der Waals surface area contributed by atoms with Gasteiger partial charge in [0.15, 0.2) is 9.75 Å². The molecule has 0 aromatic heterocycles. The van der Waals surface area contributed by atoms with Gasteiger partial charge in [0, 0.05) is 24.6 Å². The number of imide groups is 2. The maximum atomic E-state index is 14.0. The molecule has 0 bridgehead atoms. The van der Waals surface area contributed by atoms with Gasteiger partial charge in [0.05, 0.1) is 24.6 Å². The molecule has 4 amide bonds. The van der Waals surface area contributed by atoms with E-state index in [4.69, 9.17) is 27.9 Å². The number of phenolic OH excluding ortho intramolecular Hbond substituents is 1. The van der Waals surface area contributed by atoms with E-state index in [2.05, 4.69) is 0 Å². The summed E-state index contributed by atoms with van der Waals surface area (Å²) in [5.41, 5.74) is 0.238. The summed E-state index contributed by atoms with van der Waals surface area (Å²) in [5, 5.41) is 30.5. The van der Waals surface area contributed by atoms with Gasteiger partial charge in [0.25, 0.3) is 11.8 Å². The van der Waals surface area contributed by atoms with Crippen molar-refractivity contribution in [1.82, 2.24) is 4.90 Å². The smallest absolute Gasteiger partial charge is 0.339 e. The molecule has 6 atom stereocenters. The molecule has 0 spiro atoms.